The Kier molecular flexibility index (Phi) is 5.15. The molecule has 9 heteroatoms. The highest BCUT2D eigenvalue weighted by molar-refractivity contribution is 6.04. The largest absolute Gasteiger partial charge is 0.489 e. The minimum Gasteiger partial charge on any atom is -0.489 e. The van der Waals surface area contributed by atoms with E-state index in [1.165, 1.54) is 31.2 Å². The predicted octanol–water partition coefficient (Wildman–Crippen LogP) is 4.12. The van der Waals surface area contributed by atoms with Crippen LogP contribution in [0.3, 0.4) is 0 Å². The van der Waals surface area contributed by atoms with Crippen molar-refractivity contribution >= 4 is 11.6 Å². The molecule has 0 spiro atoms. The van der Waals surface area contributed by atoms with E-state index >= 15 is 0 Å². The van der Waals surface area contributed by atoms with Gasteiger partial charge >= 0.3 is 6.18 Å². The SMILES string of the molecule is C=C1OC(C)(COc2ccc(C#N)cc2)C(=O)N1c1ccc(C#N)c(C(F)(F)F)c1. The normalized spacial score (nSPS) is 18.5. The molecule has 1 atom stereocenters. The standard InChI is InChI=1S/C21H14F3N3O3/c1-13-27(16-6-5-15(11-26)18(9-16)21(22,23)24)19(28)20(2,30-13)12-29-17-7-3-14(10-25)4-8-17/h3-9H,1,12H2,2H3. The molecule has 1 saturated heterocycles. The van der Waals surface area contributed by atoms with E-state index in [0.717, 1.165) is 11.0 Å². The predicted molar refractivity (Wildman–Crippen MR) is 98.9 cm³/mol. The van der Waals surface area contributed by atoms with Gasteiger partial charge in [-0.3, -0.25) is 4.79 Å². The van der Waals surface area contributed by atoms with E-state index in [-0.39, 0.29) is 18.2 Å². The quantitative estimate of drug-likeness (QED) is 0.753. The molecule has 0 aliphatic carbocycles. The lowest BCUT2D eigenvalue weighted by Gasteiger charge is -2.21. The number of carbonyl (C=O) groups is 1. The molecular weight excluding hydrogens is 399 g/mol. The van der Waals surface area contributed by atoms with Gasteiger partial charge in [0.1, 0.15) is 12.4 Å². The van der Waals surface area contributed by atoms with E-state index in [1.807, 2.05) is 6.07 Å². The molecule has 1 heterocycles. The number of carbonyl (C=O) groups excluding carboxylic acids is 1. The Morgan fingerprint density at radius 2 is 1.83 bits per heavy atom. The van der Waals surface area contributed by atoms with Crippen LogP contribution in [0.4, 0.5) is 18.9 Å². The van der Waals surface area contributed by atoms with Crippen molar-refractivity contribution in [3.05, 3.63) is 71.6 Å². The number of nitrogens with zero attached hydrogens (tertiary/aromatic N) is 3. The minimum atomic E-state index is -4.77. The lowest BCUT2D eigenvalue weighted by molar-refractivity contribution is -0.138. The zero-order valence-electron chi connectivity index (χ0n) is 15.7. The molecule has 1 aliphatic heterocycles. The number of halogens is 3. The van der Waals surface area contributed by atoms with Crippen molar-refractivity contribution in [3.8, 4) is 17.9 Å². The van der Waals surface area contributed by atoms with E-state index in [1.54, 1.807) is 12.1 Å². The smallest absolute Gasteiger partial charge is 0.417 e. The Labute approximate surface area is 170 Å². The third kappa shape index (κ3) is 3.78. The maximum Gasteiger partial charge on any atom is 0.417 e. The topological polar surface area (TPSA) is 86.3 Å². The van der Waals surface area contributed by atoms with Crippen LogP contribution in [0.5, 0.6) is 5.75 Å². The summed E-state index contributed by atoms with van der Waals surface area (Å²) in [5.74, 6) is -0.448. The molecule has 2 aromatic rings. The molecule has 0 radical (unpaired) electrons. The highest BCUT2D eigenvalue weighted by atomic mass is 19.4. The molecule has 1 amide bonds. The first-order valence-electron chi connectivity index (χ1n) is 8.56. The van der Waals surface area contributed by atoms with Crippen molar-refractivity contribution in [1.29, 1.82) is 10.5 Å². The van der Waals surface area contributed by atoms with E-state index in [0.29, 0.717) is 17.4 Å². The van der Waals surface area contributed by atoms with Crippen LogP contribution in [0.25, 0.3) is 0 Å². The van der Waals surface area contributed by atoms with E-state index in [4.69, 9.17) is 20.0 Å². The summed E-state index contributed by atoms with van der Waals surface area (Å²) in [7, 11) is 0. The average molecular weight is 413 g/mol. The van der Waals surface area contributed by atoms with Crippen LogP contribution >= 0.6 is 0 Å². The van der Waals surface area contributed by atoms with Crippen molar-refractivity contribution in [2.75, 3.05) is 11.5 Å². The number of amides is 1. The fourth-order valence-electron chi connectivity index (χ4n) is 2.90. The number of rotatable bonds is 4. The molecule has 152 valence electrons. The van der Waals surface area contributed by atoms with E-state index in [9.17, 15) is 18.0 Å². The molecule has 0 saturated carbocycles. The summed E-state index contributed by atoms with van der Waals surface area (Å²) in [6.45, 7) is 4.80. The second kappa shape index (κ2) is 7.45. The van der Waals surface area contributed by atoms with Gasteiger partial charge in [0.25, 0.3) is 5.91 Å². The van der Waals surface area contributed by atoms with Crippen molar-refractivity contribution in [3.63, 3.8) is 0 Å². The number of nitriles is 2. The highest BCUT2D eigenvalue weighted by Gasteiger charge is 2.49. The zero-order chi connectivity index (χ0) is 22.1. The van der Waals surface area contributed by atoms with Crippen LogP contribution in [0, 0.1) is 22.7 Å². The van der Waals surface area contributed by atoms with Crippen molar-refractivity contribution in [1.82, 2.24) is 0 Å². The van der Waals surface area contributed by atoms with Gasteiger partial charge < -0.3 is 9.47 Å². The van der Waals surface area contributed by atoms with Crippen molar-refractivity contribution < 1.29 is 27.4 Å². The first-order chi connectivity index (χ1) is 14.1. The summed E-state index contributed by atoms with van der Waals surface area (Å²) in [6.07, 6.45) is -4.77. The van der Waals surface area contributed by atoms with Gasteiger partial charge in [-0.15, -0.1) is 0 Å². The molecule has 0 aromatic heterocycles. The summed E-state index contributed by atoms with van der Waals surface area (Å²) in [5, 5.41) is 17.7. The second-order valence-electron chi connectivity index (χ2n) is 6.63. The second-order valence-corrected chi connectivity index (χ2v) is 6.63. The van der Waals surface area contributed by atoms with Gasteiger partial charge in [0.2, 0.25) is 5.60 Å². The third-order valence-corrected chi connectivity index (χ3v) is 4.43. The average Bonchev–Trinajstić information content (AvgIpc) is 2.94. The molecule has 0 bridgehead atoms. The minimum absolute atomic E-state index is 0.126. The summed E-state index contributed by atoms with van der Waals surface area (Å²) in [5.41, 5.74) is -2.94. The Morgan fingerprint density at radius 1 is 1.17 bits per heavy atom. The number of benzene rings is 2. The molecule has 1 unspecified atom stereocenters. The third-order valence-electron chi connectivity index (χ3n) is 4.43. The maximum absolute atomic E-state index is 13.3. The van der Waals surface area contributed by atoms with Crippen molar-refractivity contribution in [2.24, 2.45) is 0 Å². The maximum atomic E-state index is 13.3. The summed E-state index contributed by atoms with van der Waals surface area (Å²) < 4.78 is 50.9. The number of hydrogen-bond acceptors (Lipinski definition) is 5. The van der Waals surface area contributed by atoms with Crippen molar-refractivity contribution in [2.45, 2.75) is 18.7 Å². The van der Waals surface area contributed by atoms with Gasteiger partial charge in [0.15, 0.2) is 5.88 Å². The number of anilines is 1. The molecule has 3 rings (SSSR count). The van der Waals surface area contributed by atoms with E-state index in [2.05, 4.69) is 6.58 Å². The van der Waals surface area contributed by atoms with Gasteiger partial charge in [-0.2, -0.15) is 23.7 Å². The van der Waals surface area contributed by atoms with E-state index < -0.39 is 28.8 Å². The molecule has 1 aliphatic rings. The fraction of sp³-hybridized carbons (Fsp3) is 0.190. The van der Waals surface area contributed by atoms with Gasteiger partial charge in [-0.05, 0) is 56.0 Å². The van der Waals surface area contributed by atoms with Crippen LogP contribution in [0.15, 0.2) is 54.9 Å². The summed E-state index contributed by atoms with van der Waals surface area (Å²) in [4.78, 5) is 13.9. The Bertz CT molecular complexity index is 1100. The molecule has 1 fully saturated rings. The fourth-order valence-corrected chi connectivity index (χ4v) is 2.90. The van der Waals surface area contributed by atoms with Crippen LogP contribution in [0.1, 0.15) is 23.6 Å². The first-order valence-corrected chi connectivity index (χ1v) is 8.56. The number of alkyl halides is 3. The van der Waals surface area contributed by atoms with Crippen LogP contribution < -0.4 is 9.64 Å². The Morgan fingerprint density at radius 3 is 2.40 bits per heavy atom. The lowest BCUT2D eigenvalue weighted by Crippen LogP contribution is -2.43. The molecular formula is C21H14F3N3O3. The highest BCUT2D eigenvalue weighted by Crippen LogP contribution is 2.38. The van der Waals surface area contributed by atoms with Gasteiger partial charge in [0.05, 0.1) is 34.5 Å². The molecule has 0 N–H and O–H groups in total. The first kappa shape index (κ1) is 20.7. The number of hydrogen-bond donors (Lipinski definition) is 0. The Hall–Kier alpha value is -3.98. The molecule has 2 aromatic carbocycles. The summed E-state index contributed by atoms with van der Waals surface area (Å²) in [6, 6.07) is 12.5. The monoisotopic (exact) mass is 413 g/mol. The Balaban J connectivity index is 1.85. The van der Waals surface area contributed by atoms with Crippen LogP contribution in [-0.4, -0.2) is 18.1 Å². The van der Waals surface area contributed by atoms with Gasteiger partial charge in [-0.25, -0.2) is 4.90 Å². The summed E-state index contributed by atoms with van der Waals surface area (Å²) >= 11 is 0. The molecule has 6 nitrogen and oxygen atoms in total. The van der Waals surface area contributed by atoms with Gasteiger partial charge in [0, 0.05) is 0 Å². The van der Waals surface area contributed by atoms with Crippen LogP contribution in [-0.2, 0) is 15.7 Å². The molecule has 30 heavy (non-hydrogen) atoms. The van der Waals surface area contributed by atoms with Gasteiger partial charge in [-0.1, -0.05) is 0 Å². The van der Waals surface area contributed by atoms with Crippen LogP contribution in [0.2, 0.25) is 0 Å². The lowest BCUT2D eigenvalue weighted by atomic mass is 10.0. The number of ether oxygens (including phenoxy) is 2. The zero-order valence-corrected chi connectivity index (χ0v) is 15.7.